The third-order valence-electron chi connectivity index (χ3n) is 6.20. The van der Waals surface area contributed by atoms with E-state index in [9.17, 15) is 0 Å². The van der Waals surface area contributed by atoms with E-state index in [1.807, 2.05) is 37.5 Å². The Morgan fingerprint density at radius 3 is 2.81 bits per heavy atom. The molecule has 0 radical (unpaired) electrons. The van der Waals surface area contributed by atoms with Crippen LogP contribution < -0.4 is 10.6 Å². The van der Waals surface area contributed by atoms with Crippen molar-refractivity contribution in [2.75, 3.05) is 19.6 Å². The van der Waals surface area contributed by atoms with Crippen LogP contribution in [0.2, 0.25) is 0 Å². The van der Waals surface area contributed by atoms with Crippen LogP contribution in [0.5, 0.6) is 0 Å². The molecule has 36 heavy (non-hydrogen) atoms. The summed E-state index contributed by atoms with van der Waals surface area (Å²) in [5, 5.41) is 15.3. The molecular formula is C30H34N6. The molecule has 6 heteroatoms. The fraction of sp³-hybridized carbons (Fsp3) is 0.200. The Balaban J connectivity index is 1.74. The lowest BCUT2D eigenvalue weighted by molar-refractivity contribution is 0.785. The highest BCUT2D eigenvalue weighted by molar-refractivity contribution is 5.94. The van der Waals surface area contributed by atoms with Gasteiger partial charge in [0, 0.05) is 47.7 Å². The molecule has 184 valence electrons. The maximum atomic E-state index is 4.64. The summed E-state index contributed by atoms with van der Waals surface area (Å²) < 4.78 is 0. The molecule has 1 aliphatic rings. The van der Waals surface area contributed by atoms with Crippen LogP contribution in [-0.2, 0) is 0 Å². The van der Waals surface area contributed by atoms with Gasteiger partial charge in [-0.25, -0.2) is 4.98 Å². The number of fused-ring (bicyclic) bond motifs is 1. The molecular weight excluding hydrogens is 444 g/mol. The van der Waals surface area contributed by atoms with Crippen LogP contribution >= 0.6 is 0 Å². The molecule has 6 nitrogen and oxygen atoms in total. The van der Waals surface area contributed by atoms with E-state index in [1.165, 1.54) is 0 Å². The lowest BCUT2D eigenvalue weighted by Crippen LogP contribution is -2.15. The molecule has 0 spiro atoms. The molecule has 0 amide bonds. The summed E-state index contributed by atoms with van der Waals surface area (Å²) in [5.74, 6) is 0. The highest BCUT2D eigenvalue weighted by Gasteiger charge is 2.17. The Labute approximate surface area is 213 Å². The highest BCUT2D eigenvalue weighted by Crippen LogP contribution is 2.34. The van der Waals surface area contributed by atoms with Gasteiger partial charge in [-0.15, -0.1) is 0 Å². The molecule has 4 heterocycles. The summed E-state index contributed by atoms with van der Waals surface area (Å²) >= 11 is 0. The molecule has 0 atom stereocenters. The van der Waals surface area contributed by atoms with Crippen molar-refractivity contribution in [1.82, 2.24) is 30.8 Å². The third-order valence-corrected chi connectivity index (χ3v) is 6.20. The first-order valence-corrected chi connectivity index (χ1v) is 12.3. The number of dihydropyridines is 1. The van der Waals surface area contributed by atoms with Gasteiger partial charge in [-0.2, -0.15) is 5.10 Å². The van der Waals surface area contributed by atoms with E-state index in [2.05, 4.69) is 94.2 Å². The van der Waals surface area contributed by atoms with Crippen LogP contribution in [0.25, 0.3) is 33.6 Å². The van der Waals surface area contributed by atoms with E-state index in [1.54, 1.807) is 0 Å². The molecule has 3 aromatic rings. The Morgan fingerprint density at radius 2 is 2.11 bits per heavy atom. The van der Waals surface area contributed by atoms with Gasteiger partial charge in [0.15, 0.2) is 5.65 Å². The van der Waals surface area contributed by atoms with E-state index in [0.717, 1.165) is 75.5 Å². The zero-order valence-electron chi connectivity index (χ0n) is 21.3. The molecule has 0 fully saturated rings. The number of allylic oxidation sites excluding steroid dienone is 8. The van der Waals surface area contributed by atoms with Gasteiger partial charge >= 0.3 is 0 Å². The maximum Gasteiger partial charge on any atom is 0.181 e. The van der Waals surface area contributed by atoms with E-state index >= 15 is 0 Å². The predicted octanol–water partition coefficient (Wildman–Crippen LogP) is 6.00. The molecule has 0 aromatic carbocycles. The zero-order valence-corrected chi connectivity index (χ0v) is 21.3. The summed E-state index contributed by atoms with van der Waals surface area (Å²) in [4.78, 5) is 8.19. The topological polar surface area (TPSA) is 81.4 Å². The summed E-state index contributed by atoms with van der Waals surface area (Å²) in [7, 11) is 0. The van der Waals surface area contributed by atoms with Crippen molar-refractivity contribution in [3.05, 3.63) is 108 Å². The smallest absolute Gasteiger partial charge is 0.181 e. The van der Waals surface area contributed by atoms with Crippen LogP contribution in [0.15, 0.2) is 91.4 Å². The summed E-state index contributed by atoms with van der Waals surface area (Å²) in [6.07, 6.45) is 18.2. The van der Waals surface area contributed by atoms with Crippen LogP contribution in [0.1, 0.15) is 30.7 Å². The number of hydrogen-bond donors (Lipinski definition) is 4. The van der Waals surface area contributed by atoms with Crippen LogP contribution in [-0.4, -0.2) is 39.8 Å². The number of aromatic nitrogens is 4. The fourth-order valence-electron chi connectivity index (χ4n) is 4.32. The Hall–Kier alpha value is -4.16. The van der Waals surface area contributed by atoms with Gasteiger partial charge in [0.2, 0.25) is 0 Å². The Kier molecular flexibility index (Phi) is 7.98. The first kappa shape index (κ1) is 24.9. The number of rotatable bonds is 10. The van der Waals surface area contributed by atoms with Crippen molar-refractivity contribution in [2.45, 2.75) is 20.8 Å². The van der Waals surface area contributed by atoms with Gasteiger partial charge in [0.05, 0.1) is 11.4 Å². The van der Waals surface area contributed by atoms with Gasteiger partial charge in [0.1, 0.15) is 0 Å². The third kappa shape index (κ3) is 5.24. The molecule has 4 rings (SSSR count). The lowest BCUT2D eigenvalue weighted by atomic mass is 9.96. The minimum atomic E-state index is 0.683. The average Bonchev–Trinajstić information content (AvgIpc) is 3.50. The van der Waals surface area contributed by atoms with E-state index in [-0.39, 0.29) is 0 Å². The van der Waals surface area contributed by atoms with Crippen LogP contribution in [0, 0.1) is 6.92 Å². The predicted molar refractivity (Wildman–Crippen MR) is 152 cm³/mol. The number of aryl methyl sites for hydroxylation is 1. The second-order valence-corrected chi connectivity index (χ2v) is 8.59. The molecule has 0 unspecified atom stereocenters. The lowest BCUT2D eigenvalue weighted by Gasteiger charge is -2.12. The quantitative estimate of drug-likeness (QED) is 0.269. The molecule has 1 aliphatic heterocycles. The van der Waals surface area contributed by atoms with Gasteiger partial charge in [0.25, 0.3) is 0 Å². The molecule has 4 N–H and O–H groups in total. The Bertz CT molecular complexity index is 1420. The number of pyridine rings is 1. The van der Waals surface area contributed by atoms with Crippen molar-refractivity contribution in [3.8, 4) is 11.4 Å². The van der Waals surface area contributed by atoms with E-state index in [4.69, 9.17) is 0 Å². The SMILES string of the molecule is C=C/C=C(/C1=CNCC=C1)c1cc(-c2[nH]nc3ncc(C(/C=C(\C=C)CNCC)=C/C)cc23)[nH]c1C. The summed E-state index contributed by atoms with van der Waals surface area (Å²) in [6, 6.07) is 4.31. The second kappa shape index (κ2) is 11.5. The van der Waals surface area contributed by atoms with Crippen molar-refractivity contribution >= 4 is 22.2 Å². The van der Waals surface area contributed by atoms with Gasteiger partial charge in [-0.1, -0.05) is 62.6 Å². The van der Waals surface area contributed by atoms with Crippen molar-refractivity contribution in [3.63, 3.8) is 0 Å². The van der Waals surface area contributed by atoms with Crippen molar-refractivity contribution in [2.24, 2.45) is 0 Å². The van der Waals surface area contributed by atoms with Crippen LogP contribution in [0.4, 0.5) is 0 Å². The number of nitrogens with zero attached hydrogens (tertiary/aromatic N) is 2. The summed E-state index contributed by atoms with van der Waals surface area (Å²) in [6.45, 7) is 16.6. The number of likely N-dealkylation sites (N-methyl/N-ethyl adjacent to an activating group) is 1. The van der Waals surface area contributed by atoms with Crippen molar-refractivity contribution < 1.29 is 0 Å². The number of H-pyrrole nitrogens is 2. The van der Waals surface area contributed by atoms with Gasteiger partial charge in [-0.3, -0.25) is 5.10 Å². The number of aromatic amines is 2. The first-order chi connectivity index (χ1) is 17.6. The largest absolute Gasteiger partial charge is 0.387 e. The Morgan fingerprint density at radius 1 is 1.25 bits per heavy atom. The van der Waals surface area contributed by atoms with Gasteiger partial charge in [-0.05, 0) is 54.8 Å². The standard InChI is InChI=1S/C30H34N6/c1-6-11-25(23-12-10-13-32-18-23)26-16-28(34-20(26)5)29-27-15-24(19-33-30(27)36-35-29)22(8-3)14-21(7-2)17-31-9-4/h6-8,10-12,14-16,18-19,31-32,34H,1-2,9,13,17H2,3-5H3,(H,33,35,36)/b21-14+,22-8+,25-11-. The molecule has 0 aliphatic carbocycles. The van der Waals surface area contributed by atoms with E-state index in [0.29, 0.717) is 5.65 Å². The average molecular weight is 479 g/mol. The molecule has 0 saturated heterocycles. The van der Waals surface area contributed by atoms with E-state index < -0.39 is 0 Å². The molecule has 0 bridgehead atoms. The van der Waals surface area contributed by atoms with Crippen LogP contribution in [0.3, 0.4) is 0 Å². The normalized spacial score (nSPS) is 14.6. The minimum Gasteiger partial charge on any atom is -0.387 e. The number of hydrogen-bond acceptors (Lipinski definition) is 4. The number of nitrogens with one attached hydrogen (secondary N) is 4. The summed E-state index contributed by atoms with van der Waals surface area (Å²) in [5.41, 5.74) is 10.2. The maximum absolute atomic E-state index is 4.64. The fourth-order valence-corrected chi connectivity index (χ4v) is 4.32. The molecule has 0 saturated carbocycles. The molecule has 3 aromatic heterocycles. The first-order valence-electron chi connectivity index (χ1n) is 12.3. The highest BCUT2D eigenvalue weighted by atomic mass is 15.2. The second-order valence-electron chi connectivity index (χ2n) is 8.59. The zero-order chi connectivity index (χ0) is 25.5. The minimum absolute atomic E-state index is 0.683. The van der Waals surface area contributed by atoms with Gasteiger partial charge < -0.3 is 15.6 Å². The monoisotopic (exact) mass is 478 g/mol. The van der Waals surface area contributed by atoms with Crippen molar-refractivity contribution in [1.29, 1.82) is 0 Å².